The smallest absolute Gasteiger partial charge is 0.283 e. The molecule has 0 aliphatic carbocycles. The molecular formula is C18H22N2O2S. The second kappa shape index (κ2) is 7.92. The monoisotopic (exact) mass is 330 g/mol. The van der Waals surface area contributed by atoms with Crippen LogP contribution in [0.25, 0.3) is 0 Å². The molecule has 0 N–H and O–H groups in total. The van der Waals surface area contributed by atoms with Crippen LogP contribution in [0.5, 0.6) is 0 Å². The van der Waals surface area contributed by atoms with Gasteiger partial charge in [-0.1, -0.05) is 48.5 Å². The molecular weight excluding hydrogens is 308 g/mol. The van der Waals surface area contributed by atoms with Gasteiger partial charge in [0, 0.05) is 19.5 Å². The van der Waals surface area contributed by atoms with Crippen molar-refractivity contribution < 1.29 is 8.42 Å². The lowest BCUT2D eigenvalue weighted by molar-refractivity contribution is 0.458. The molecule has 0 fully saturated rings. The maximum Gasteiger partial charge on any atom is 0.283 e. The molecule has 0 amide bonds. The lowest BCUT2D eigenvalue weighted by Crippen LogP contribution is -2.33. The number of sulfonamides is 1. The van der Waals surface area contributed by atoms with Crippen LogP contribution in [0.2, 0.25) is 0 Å². The highest BCUT2D eigenvalue weighted by molar-refractivity contribution is 7.90. The van der Waals surface area contributed by atoms with Gasteiger partial charge in [0.15, 0.2) is 0 Å². The number of hydrogen-bond acceptors (Lipinski definition) is 2. The van der Waals surface area contributed by atoms with E-state index >= 15 is 0 Å². The molecule has 5 heteroatoms. The van der Waals surface area contributed by atoms with E-state index in [2.05, 4.69) is 4.40 Å². The Hall–Kier alpha value is -2.14. The molecule has 0 aliphatic heterocycles. The van der Waals surface area contributed by atoms with Crippen molar-refractivity contribution in [2.45, 2.75) is 25.2 Å². The normalized spacial score (nSPS) is 12.2. The largest absolute Gasteiger partial charge is 0.360 e. The summed E-state index contributed by atoms with van der Waals surface area (Å²) in [4.78, 5) is 2.20. The summed E-state index contributed by atoms with van der Waals surface area (Å²) in [5, 5.41) is 0. The second-order valence-corrected chi connectivity index (χ2v) is 6.73. The first-order chi connectivity index (χ1) is 11.1. The minimum atomic E-state index is -3.70. The van der Waals surface area contributed by atoms with Crippen LogP contribution >= 0.6 is 0 Å². The van der Waals surface area contributed by atoms with Gasteiger partial charge in [-0.05, 0) is 31.5 Å². The summed E-state index contributed by atoms with van der Waals surface area (Å²) in [6, 6.07) is 18.1. The van der Waals surface area contributed by atoms with Crippen molar-refractivity contribution >= 4 is 15.9 Å². The molecule has 0 heterocycles. The third-order valence-corrected chi connectivity index (χ3v) is 4.92. The first kappa shape index (κ1) is 17.2. The van der Waals surface area contributed by atoms with Gasteiger partial charge in [-0.2, -0.15) is 8.42 Å². The molecule has 2 aromatic carbocycles. The predicted molar refractivity (Wildman–Crippen MR) is 94.1 cm³/mol. The van der Waals surface area contributed by atoms with Crippen molar-refractivity contribution in [3.63, 3.8) is 0 Å². The Morgan fingerprint density at radius 1 is 0.913 bits per heavy atom. The van der Waals surface area contributed by atoms with Gasteiger partial charge < -0.3 is 4.90 Å². The summed E-state index contributed by atoms with van der Waals surface area (Å²) in [6.07, 6.45) is 0.495. The van der Waals surface area contributed by atoms with Crippen molar-refractivity contribution in [2.24, 2.45) is 4.40 Å². The standard InChI is InChI=1S/C18H22N2O2S/c1-3-20(4-2)18(15-16-11-7-5-8-12-16)19-23(21,22)17-13-9-6-10-14-17/h5-14H,3-4,15H2,1-2H3. The molecule has 0 atom stereocenters. The van der Waals surface area contributed by atoms with Gasteiger partial charge >= 0.3 is 0 Å². The van der Waals surface area contributed by atoms with Crippen LogP contribution in [0.3, 0.4) is 0 Å². The molecule has 0 saturated heterocycles. The number of hydrogen-bond donors (Lipinski definition) is 0. The molecule has 0 aromatic heterocycles. The fourth-order valence-corrected chi connectivity index (χ4v) is 3.42. The average Bonchev–Trinajstić information content (AvgIpc) is 2.57. The summed E-state index contributed by atoms with van der Waals surface area (Å²) in [5.41, 5.74) is 1.04. The summed E-state index contributed by atoms with van der Waals surface area (Å²) >= 11 is 0. The number of benzene rings is 2. The van der Waals surface area contributed by atoms with Crippen molar-refractivity contribution in [2.75, 3.05) is 13.1 Å². The summed E-state index contributed by atoms with van der Waals surface area (Å²) < 4.78 is 29.2. The lowest BCUT2D eigenvalue weighted by atomic mass is 10.1. The lowest BCUT2D eigenvalue weighted by Gasteiger charge is -2.23. The van der Waals surface area contributed by atoms with E-state index in [1.807, 2.05) is 49.1 Å². The Balaban J connectivity index is 2.40. The highest BCUT2D eigenvalue weighted by Crippen LogP contribution is 2.14. The van der Waals surface area contributed by atoms with Crippen LogP contribution in [0.1, 0.15) is 19.4 Å². The maximum atomic E-state index is 12.6. The molecule has 0 unspecified atom stereocenters. The van der Waals surface area contributed by atoms with Gasteiger partial charge in [0.25, 0.3) is 10.0 Å². The van der Waals surface area contributed by atoms with Crippen LogP contribution in [-0.2, 0) is 16.4 Å². The first-order valence-electron chi connectivity index (χ1n) is 7.74. The number of amidine groups is 1. The van der Waals surface area contributed by atoms with E-state index < -0.39 is 10.0 Å². The fraction of sp³-hybridized carbons (Fsp3) is 0.278. The van der Waals surface area contributed by atoms with Gasteiger partial charge in [-0.15, -0.1) is 4.40 Å². The average molecular weight is 330 g/mol. The zero-order valence-electron chi connectivity index (χ0n) is 13.5. The van der Waals surface area contributed by atoms with Crippen molar-refractivity contribution in [3.05, 3.63) is 66.2 Å². The van der Waals surface area contributed by atoms with Crippen LogP contribution in [0.15, 0.2) is 70.0 Å². The van der Waals surface area contributed by atoms with E-state index in [1.165, 1.54) is 0 Å². The highest BCUT2D eigenvalue weighted by Gasteiger charge is 2.17. The Kier molecular flexibility index (Phi) is 5.93. The van der Waals surface area contributed by atoms with Gasteiger partial charge in [-0.3, -0.25) is 0 Å². The van der Waals surface area contributed by atoms with E-state index in [4.69, 9.17) is 0 Å². The SMILES string of the molecule is CCN(CC)C(Cc1ccccc1)=NS(=O)(=O)c1ccccc1. The van der Waals surface area contributed by atoms with Crippen molar-refractivity contribution in [1.29, 1.82) is 0 Å². The minimum Gasteiger partial charge on any atom is -0.360 e. The predicted octanol–water partition coefficient (Wildman–Crippen LogP) is 3.36. The van der Waals surface area contributed by atoms with Gasteiger partial charge in [-0.25, -0.2) is 0 Å². The molecule has 0 saturated carbocycles. The molecule has 122 valence electrons. The number of likely N-dealkylation sites (N-methyl/N-ethyl adjacent to an activating group) is 1. The summed E-state index contributed by atoms with van der Waals surface area (Å²) in [6.45, 7) is 5.43. The Bertz CT molecular complexity index is 737. The zero-order valence-corrected chi connectivity index (χ0v) is 14.3. The summed E-state index contributed by atoms with van der Waals surface area (Å²) in [7, 11) is -3.70. The Morgan fingerprint density at radius 3 is 1.96 bits per heavy atom. The molecule has 0 aliphatic rings. The molecule has 0 spiro atoms. The van der Waals surface area contributed by atoms with E-state index in [1.54, 1.807) is 30.3 Å². The zero-order chi connectivity index (χ0) is 16.7. The van der Waals surface area contributed by atoms with Crippen molar-refractivity contribution in [1.82, 2.24) is 4.90 Å². The molecule has 4 nitrogen and oxygen atoms in total. The molecule has 2 aromatic rings. The first-order valence-corrected chi connectivity index (χ1v) is 9.18. The van der Waals surface area contributed by atoms with E-state index in [9.17, 15) is 8.42 Å². The second-order valence-electron chi connectivity index (χ2n) is 5.13. The van der Waals surface area contributed by atoms with Gasteiger partial charge in [0.2, 0.25) is 0 Å². The highest BCUT2D eigenvalue weighted by atomic mass is 32.2. The van der Waals surface area contributed by atoms with E-state index in [0.29, 0.717) is 25.3 Å². The molecule has 0 radical (unpaired) electrons. The fourth-order valence-electron chi connectivity index (χ4n) is 2.35. The molecule has 23 heavy (non-hydrogen) atoms. The van der Waals surface area contributed by atoms with Crippen molar-refractivity contribution in [3.8, 4) is 0 Å². The van der Waals surface area contributed by atoms with E-state index in [0.717, 1.165) is 5.56 Å². The number of rotatable bonds is 6. The van der Waals surface area contributed by atoms with Crippen LogP contribution in [0, 0.1) is 0 Å². The minimum absolute atomic E-state index is 0.220. The maximum absolute atomic E-state index is 12.6. The van der Waals surface area contributed by atoms with Crippen LogP contribution < -0.4 is 0 Å². The van der Waals surface area contributed by atoms with E-state index in [-0.39, 0.29) is 4.90 Å². The third kappa shape index (κ3) is 4.66. The molecule has 2 rings (SSSR count). The summed E-state index contributed by atoms with van der Waals surface area (Å²) in [5.74, 6) is 0.574. The quantitative estimate of drug-likeness (QED) is 0.603. The third-order valence-electron chi connectivity index (χ3n) is 3.60. The molecule has 0 bridgehead atoms. The van der Waals surface area contributed by atoms with Gasteiger partial charge in [0.1, 0.15) is 5.84 Å². The van der Waals surface area contributed by atoms with Crippen LogP contribution in [-0.4, -0.2) is 32.2 Å². The topological polar surface area (TPSA) is 49.7 Å². The van der Waals surface area contributed by atoms with Crippen LogP contribution in [0.4, 0.5) is 0 Å². The number of nitrogens with zero attached hydrogens (tertiary/aromatic N) is 2. The Morgan fingerprint density at radius 2 is 1.43 bits per heavy atom. The van der Waals surface area contributed by atoms with Gasteiger partial charge in [0.05, 0.1) is 4.90 Å². The Labute approximate surface area is 138 Å².